The zero-order valence-corrected chi connectivity index (χ0v) is 18.5. The summed E-state index contributed by atoms with van der Waals surface area (Å²) in [6.45, 7) is -0.710. The topological polar surface area (TPSA) is 183 Å². The van der Waals surface area contributed by atoms with Crippen LogP contribution in [0.3, 0.4) is 0 Å². The molecule has 14 heteroatoms. The number of thiol groups is 1. The Bertz CT molecular complexity index is 671. The maximum atomic E-state index is 11.0. The average molecular weight is 480 g/mol. The third-order valence-electron chi connectivity index (χ3n) is 4.47. The van der Waals surface area contributed by atoms with Crippen molar-refractivity contribution >= 4 is 39.5 Å². The molecule has 0 bridgehead atoms. The second-order valence-electron chi connectivity index (χ2n) is 6.80. The monoisotopic (exact) mass is 479 g/mol. The number of rotatable bonds is 12. The molecule has 0 saturated carbocycles. The quantitative estimate of drug-likeness (QED) is 0.0666. The first-order valence-electron chi connectivity index (χ1n) is 9.01. The van der Waals surface area contributed by atoms with Crippen molar-refractivity contribution in [1.82, 2.24) is 0 Å². The first kappa shape index (κ1) is 26.7. The Morgan fingerprint density at radius 3 is 2.31 bits per heavy atom. The number of oxime groups is 1. The highest BCUT2D eigenvalue weighted by Crippen LogP contribution is 2.36. The molecule has 6 atom stereocenters. The minimum atomic E-state index is -4.94. The summed E-state index contributed by atoms with van der Waals surface area (Å²) in [7, 11) is -5.80. The fourth-order valence-electron chi connectivity index (χ4n) is 2.90. The lowest BCUT2D eigenvalue weighted by molar-refractivity contribution is -0.222. The standard InChI is InChI=1S/C15H29NO10S3/c1-28(21)8-6-4-2-3-5-7-11(16-26-29(22,23)24)15(27)14(20)13(19)12(18)10(9-17)25-15/h10,12-14,17-20,27H,2-9H2,1H3,(H,22,23,24)/b16-11-/t10-,12-,13+,14-,15+,28?/m1/s1. The molecule has 172 valence electrons. The van der Waals surface area contributed by atoms with Gasteiger partial charge in [-0.05, 0) is 19.3 Å². The van der Waals surface area contributed by atoms with Crippen LogP contribution in [0.2, 0.25) is 0 Å². The molecule has 5 N–H and O–H groups in total. The summed E-state index contributed by atoms with van der Waals surface area (Å²) in [5.41, 5.74) is -0.245. The normalized spacial score (nSPS) is 32.2. The Morgan fingerprint density at radius 2 is 1.76 bits per heavy atom. The van der Waals surface area contributed by atoms with E-state index in [1.54, 1.807) is 6.26 Å². The van der Waals surface area contributed by atoms with Gasteiger partial charge in [0.25, 0.3) is 0 Å². The number of aliphatic hydroxyl groups is 4. The minimum Gasteiger partial charge on any atom is -0.394 e. The fourth-order valence-corrected chi connectivity index (χ4v) is 4.14. The Morgan fingerprint density at radius 1 is 1.17 bits per heavy atom. The first-order chi connectivity index (χ1) is 13.4. The van der Waals surface area contributed by atoms with Crippen LogP contribution in [0.5, 0.6) is 0 Å². The molecule has 0 aromatic rings. The van der Waals surface area contributed by atoms with Gasteiger partial charge in [-0.25, -0.2) is 4.28 Å². The smallest absolute Gasteiger partial charge is 0.394 e. The summed E-state index contributed by atoms with van der Waals surface area (Å²) in [6, 6.07) is 0. The lowest BCUT2D eigenvalue weighted by Crippen LogP contribution is -2.65. The molecule has 0 radical (unpaired) electrons. The Kier molecular flexibility index (Phi) is 11.0. The summed E-state index contributed by atoms with van der Waals surface area (Å²) in [5.74, 6) is 0.609. The van der Waals surface area contributed by atoms with Gasteiger partial charge in [-0.15, -0.1) is 12.6 Å². The molecule has 0 aromatic carbocycles. The summed E-state index contributed by atoms with van der Waals surface area (Å²) >= 11 is 4.19. The van der Waals surface area contributed by atoms with Gasteiger partial charge in [-0.1, -0.05) is 24.4 Å². The van der Waals surface area contributed by atoms with Gasteiger partial charge in [0, 0.05) is 22.8 Å². The van der Waals surface area contributed by atoms with Gasteiger partial charge >= 0.3 is 10.4 Å². The van der Waals surface area contributed by atoms with Gasteiger partial charge in [-0.3, -0.25) is 8.76 Å². The van der Waals surface area contributed by atoms with E-state index >= 15 is 0 Å². The number of ether oxygens (including phenoxy) is 1. The van der Waals surface area contributed by atoms with Crippen molar-refractivity contribution < 1.29 is 46.6 Å². The van der Waals surface area contributed by atoms with Crippen molar-refractivity contribution in [3.8, 4) is 0 Å². The van der Waals surface area contributed by atoms with E-state index in [1.165, 1.54) is 0 Å². The largest absolute Gasteiger partial charge is 0.466 e. The summed E-state index contributed by atoms with van der Waals surface area (Å²) in [6.07, 6.45) is -1.29. The van der Waals surface area contributed by atoms with Crippen molar-refractivity contribution in [3.05, 3.63) is 0 Å². The Balaban J connectivity index is 2.87. The van der Waals surface area contributed by atoms with Crippen LogP contribution in [0.15, 0.2) is 5.16 Å². The van der Waals surface area contributed by atoms with E-state index in [0.29, 0.717) is 18.6 Å². The maximum Gasteiger partial charge on any atom is 0.466 e. The van der Waals surface area contributed by atoms with Crippen molar-refractivity contribution in [2.45, 2.75) is 67.9 Å². The average Bonchev–Trinajstić information content (AvgIpc) is 2.63. The van der Waals surface area contributed by atoms with Crippen LogP contribution >= 0.6 is 12.6 Å². The molecule has 0 aromatic heterocycles. The Labute approximate surface area is 177 Å². The fraction of sp³-hybridized carbons (Fsp3) is 0.933. The van der Waals surface area contributed by atoms with E-state index in [9.17, 15) is 33.1 Å². The first-order valence-corrected chi connectivity index (χ1v) is 12.5. The van der Waals surface area contributed by atoms with Crippen LogP contribution in [0, 0.1) is 0 Å². The summed E-state index contributed by atoms with van der Waals surface area (Å²) in [5, 5.41) is 42.9. The van der Waals surface area contributed by atoms with Crippen LogP contribution in [0.25, 0.3) is 0 Å². The molecule has 1 rings (SSSR count). The number of nitrogens with zero attached hydrogens (tertiary/aromatic N) is 1. The van der Waals surface area contributed by atoms with Crippen molar-refractivity contribution in [3.63, 3.8) is 0 Å². The number of hydrogen-bond acceptors (Lipinski definition) is 11. The van der Waals surface area contributed by atoms with Crippen molar-refractivity contribution in [2.24, 2.45) is 5.16 Å². The SMILES string of the molecule is CS(=O)CCCCCCC/C(=N/OS(=O)(=O)O)[C@@]1(S)O[C@H](CO)[C@@H](O)[C@H](O)[C@H]1O. The van der Waals surface area contributed by atoms with Crippen molar-refractivity contribution in [2.75, 3.05) is 18.6 Å². The lowest BCUT2D eigenvalue weighted by Gasteiger charge is -2.46. The molecule has 0 spiro atoms. The lowest BCUT2D eigenvalue weighted by atomic mass is 9.90. The van der Waals surface area contributed by atoms with E-state index in [4.69, 9.17) is 9.29 Å². The predicted molar refractivity (Wildman–Crippen MR) is 108 cm³/mol. The van der Waals surface area contributed by atoms with Crippen LogP contribution < -0.4 is 0 Å². The molecule has 0 aliphatic carbocycles. The highest BCUT2D eigenvalue weighted by Gasteiger charge is 2.54. The van der Waals surface area contributed by atoms with Crippen LogP contribution in [0.4, 0.5) is 0 Å². The molecule has 11 nitrogen and oxygen atoms in total. The molecular formula is C15H29NO10S3. The molecule has 1 aliphatic rings. The van der Waals surface area contributed by atoms with Gasteiger partial charge in [0.2, 0.25) is 0 Å². The molecule has 29 heavy (non-hydrogen) atoms. The molecule has 1 heterocycles. The molecule has 1 aliphatic heterocycles. The van der Waals surface area contributed by atoms with Crippen LogP contribution in [0.1, 0.15) is 38.5 Å². The van der Waals surface area contributed by atoms with Gasteiger partial charge in [0.15, 0.2) is 4.93 Å². The van der Waals surface area contributed by atoms with E-state index in [-0.39, 0.29) is 12.1 Å². The molecule has 1 fully saturated rings. The van der Waals surface area contributed by atoms with Gasteiger partial charge in [0.05, 0.1) is 6.61 Å². The van der Waals surface area contributed by atoms with E-state index in [2.05, 4.69) is 22.1 Å². The van der Waals surface area contributed by atoms with Gasteiger partial charge in [-0.2, -0.15) is 8.42 Å². The molecule has 1 unspecified atom stereocenters. The minimum absolute atomic E-state index is 0.0246. The van der Waals surface area contributed by atoms with Crippen molar-refractivity contribution in [1.29, 1.82) is 0 Å². The predicted octanol–water partition coefficient (Wildman–Crippen LogP) is -1.02. The van der Waals surface area contributed by atoms with Crippen LogP contribution in [-0.2, 0) is 30.2 Å². The zero-order chi connectivity index (χ0) is 22.2. The zero-order valence-electron chi connectivity index (χ0n) is 16.0. The van der Waals surface area contributed by atoms with Gasteiger partial charge in [0.1, 0.15) is 30.1 Å². The summed E-state index contributed by atoms with van der Waals surface area (Å²) in [4.78, 5) is -2.07. The maximum absolute atomic E-state index is 11.0. The van der Waals surface area contributed by atoms with E-state index in [0.717, 1.165) is 19.3 Å². The van der Waals surface area contributed by atoms with E-state index in [1.807, 2.05) is 0 Å². The third kappa shape index (κ3) is 8.38. The van der Waals surface area contributed by atoms with Crippen LogP contribution in [-0.4, -0.2) is 91.3 Å². The number of aliphatic hydroxyl groups excluding tert-OH is 4. The summed E-state index contributed by atoms with van der Waals surface area (Å²) < 4.78 is 51.0. The highest BCUT2D eigenvalue weighted by molar-refractivity contribution is 7.84. The van der Waals surface area contributed by atoms with E-state index < -0.39 is 57.2 Å². The van der Waals surface area contributed by atoms with Gasteiger partial charge < -0.3 is 25.2 Å². The molecule has 1 saturated heterocycles. The molecule has 0 amide bonds. The third-order valence-corrected chi connectivity index (χ3v) is 6.22. The number of hydrogen-bond donors (Lipinski definition) is 6. The second kappa shape index (κ2) is 11.9. The second-order valence-corrected chi connectivity index (χ2v) is 10.0. The Hall–Kier alpha value is -0.320. The molecular weight excluding hydrogens is 450 g/mol. The highest BCUT2D eigenvalue weighted by atomic mass is 32.3. The number of unbranched alkanes of at least 4 members (excludes halogenated alkanes) is 4.